The number of rotatable bonds is 7. The lowest BCUT2D eigenvalue weighted by Gasteiger charge is -2.16. The molecule has 3 rings (SSSR count). The molecule has 1 aromatic carbocycles. The first-order chi connectivity index (χ1) is 13.4. The van der Waals surface area contributed by atoms with Crippen LogP contribution in [0.1, 0.15) is 62.3 Å². The third-order valence-corrected chi connectivity index (χ3v) is 5.59. The van der Waals surface area contributed by atoms with E-state index in [1.54, 1.807) is 11.7 Å². The Labute approximate surface area is 167 Å². The minimum absolute atomic E-state index is 0.0144. The fraction of sp³-hybridized carbons (Fsp3) is 0.478. The normalized spacial score (nSPS) is 11.5. The fourth-order valence-electron chi connectivity index (χ4n) is 4.12. The van der Waals surface area contributed by atoms with Gasteiger partial charge in [0.15, 0.2) is 5.82 Å². The smallest absolute Gasteiger partial charge is 0.278 e. The molecule has 150 valence electrons. The van der Waals surface area contributed by atoms with Crippen molar-refractivity contribution in [2.24, 2.45) is 7.05 Å². The number of fused-ring (bicyclic) bond motifs is 1. The summed E-state index contributed by atoms with van der Waals surface area (Å²) in [4.78, 5) is 13.4. The summed E-state index contributed by atoms with van der Waals surface area (Å²) in [7, 11) is 3.47. The second-order valence-corrected chi connectivity index (χ2v) is 7.64. The lowest BCUT2D eigenvalue weighted by Crippen LogP contribution is -2.24. The maximum atomic E-state index is 13.4. The molecule has 5 nitrogen and oxygen atoms in total. The van der Waals surface area contributed by atoms with Crippen molar-refractivity contribution in [3.05, 3.63) is 51.4 Å². The molecule has 0 fully saturated rings. The predicted octanol–water partition coefficient (Wildman–Crippen LogP) is 5.01. The number of hydrogen-bond donors (Lipinski definition) is 0. The Morgan fingerprint density at radius 2 is 1.79 bits per heavy atom. The predicted molar refractivity (Wildman–Crippen MR) is 114 cm³/mol. The number of nitrogens with zero attached hydrogens (tertiary/aromatic N) is 3. The Balaban J connectivity index is 2.24. The first-order valence-corrected chi connectivity index (χ1v) is 10.2. The van der Waals surface area contributed by atoms with Gasteiger partial charge in [0.05, 0.1) is 7.11 Å². The monoisotopic (exact) mass is 381 g/mol. The van der Waals surface area contributed by atoms with Gasteiger partial charge in [-0.2, -0.15) is 0 Å². The van der Waals surface area contributed by atoms with Crippen LogP contribution in [0, 0.1) is 13.8 Å². The first-order valence-electron chi connectivity index (χ1n) is 10.2. The second-order valence-electron chi connectivity index (χ2n) is 7.64. The highest BCUT2D eigenvalue weighted by Gasteiger charge is 2.22. The first kappa shape index (κ1) is 20.2. The highest BCUT2D eigenvalue weighted by molar-refractivity contribution is 5.64. The zero-order chi connectivity index (χ0) is 20.4. The molecular weight excluding hydrogens is 350 g/mol. The molecule has 0 saturated heterocycles. The number of ether oxygens (including phenoxy) is 1. The standard InChI is InChI=1S/C23H31N3O2/c1-7-9-17(10-8-2)20-14-16(4)26-21(20)23(27)25(5)22(24-26)19-12-11-18(28-6)13-15(19)3/h11-14,17H,7-10H2,1-6H3. The highest BCUT2D eigenvalue weighted by Crippen LogP contribution is 2.31. The largest absolute Gasteiger partial charge is 0.497 e. The summed E-state index contributed by atoms with van der Waals surface area (Å²) < 4.78 is 8.84. The molecule has 0 saturated carbocycles. The summed E-state index contributed by atoms with van der Waals surface area (Å²) in [5, 5.41) is 4.88. The van der Waals surface area contributed by atoms with Gasteiger partial charge in [0, 0.05) is 18.3 Å². The maximum Gasteiger partial charge on any atom is 0.278 e. The van der Waals surface area contributed by atoms with Crippen LogP contribution in [-0.2, 0) is 7.05 Å². The van der Waals surface area contributed by atoms with E-state index in [-0.39, 0.29) is 5.56 Å². The van der Waals surface area contributed by atoms with Crippen molar-refractivity contribution in [1.82, 2.24) is 14.2 Å². The molecule has 5 heteroatoms. The van der Waals surface area contributed by atoms with Crippen molar-refractivity contribution in [1.29, 1.82) is 0 Å². The van der Waals surface area contributed by atoms with Crippen LogP contribution in [-0.4, -0.2) is 21.3 Å². The Kier molecular flexibility index (Phi) is 5.92. The van der Waals surface area contributed by atoms with Gasteiger partial charge in [-0.1, -0.05) is 26.7 Å². The summed E-state index contributed by atoms with van der Waals surface area (Å²) >= 11 is 0. The summed E-state index contributed by atoms with van der Waals surface area (Å²) in [5.41, 5.74) is 4.86. The van der Waals surface area contributed by atoms with Crippen LogP contribution in [0.2, 0.25) is 0 Å². The van der Waals surface area contributed by atoms with E-state index in [9.17, 15) is 4.79 Å². The number of aryl methyl sites for hydroxylation is 2. The third-order valence-electron chi connectivity index (χ3n) is 5.59. The van der Waals surface area contributed by atoms with Gasteiger partial charge >= 0.3 is 0 Å². The number of benzene rings is 1. The van der Waals surface area contributed by atoms with E-state index in [0.717, 1.165) is 59.3 Å². The van der Waals surface area contributed by atoms with Crippen LogP contribution in [0.3, 0.4) is 0 Å². The van der Waals surface area contributed by atoms with Crippen LogP contribution in [0.25, 0.3) is 16.9 Å². The van der Waals surface area contributed by atoms with Gasteiger partial charge in [-0.05, 0) is 68.0 Å². The molecule has 2 aromatic heterocycles. The molecular formula is C23H31N3O2. The summed E-state index contributed by atoms with van der Waals surface area (Å²) in [6.45, 7) is 8.45. The lowest BCUT2D eigenvalue weighted by molar-refractivity contribution is 0.414. The summed E-state index contributed by atoms with van der Waals surface area (Å²) in [6.07, 6.45) is 4.40. The van der Waals surface area contributed by atoms with Gasteiger partial charge in [-0.3, -0.25) is 9.36 Å². The van der Waals surface area contributed by atoms with Gasteiger partial charge in [0.1, 0.15) is 11.3 Å². The minimum Gasteiger partial charge on any atom is -0.497 e. The van der Waals surface area contributed by atoms with Gasteiger partial charge in [0.25, 0.3) is 5.56 Å². The van der Waals surface area contributed by atoms with Crippen LogP contribution >= 0.6 is 0 Å². The summed E-state index contributed by atoms with van der Waals surface area (Å²) in [5.74, 6) is 1.88. The molecule has 0 bridgehead atoms. The van der Waals surface area contributed by atoms with Crippen LogP contribution < -0.4 is 10.3 Å². The molecule has 2 heterocycles. The Hall–Kier alpha value is -2.56. The number of hydrogen-bond acceptors (Lipinski definition) is 3. The molecule has 28 heavy (non-hydrogen) atoms. The van der Waals surface area contributed by atoms with Crippen molar-refractivity contribution in [2.45, 2.75) is 59.3 Å². The Morgan fingerprint density at radius 1 is 1.11 bits per heavy atom. The summed E-state index contributed by atoms with van der Waals surface area (Å²) in [6, 6.07) is 8.01. The Bertz CT molecular complexity index is 1040. The molecule has 0 N–H and O–H groups in total. The van der Waals surface area contributed by atoms with E-state index >= 15 is 0 Å². The van der Waals surface area contributed by atoms with Crippen molar-refractivity contribution >= 4 is 5.52 Å². The molecule has 0 radical (unpaired) electrons. The molecule has 0 atom stereocenters. The van der Waals surface area contributed by atoms with Crippen molar-refractivity contribution in [2.75, 3.05) is 7.11 Å². The minimum atomic E-state index is 0.0144. The molecule has 0 aliphatic heterocycles. The quantitative estimate of drug-likeness (QED) is 0.578. The van der Waals surface area contributed by atoms with Crippen LogP contribution in [0.5, 0.6) is 5.75 Å². The van der Waals surface area contributed by atoms with Crippen molar-refractivity contribution in [3.63, 3.8) is 0 Å². The van der Waals surface area contributed by atoms with Crippen molar-refractivity contribution < 1.29 is 4.74 Å². The second kappa shape index (κ2) is 8.21. The van der Waals surface area contributed by atoms with E-state index in [2.05, 4.69) is 19.9 Å². The average Bonchev–Trinajstić information content (AvgIpc) is 3.01. The van der Waals surface area contributed by atoms with E-state index in [1.165, 1.54) is 0 Å². The molecule has 0 aliphatic carbocycles. The SMILES string of the molecule is CCCC(CCC)c1cc(C)n2nc(-c3ccc(OC)cc3C)n(C)c(=O)c12. The molecule has 0 amide bonds. The average molecular weight is 382 g/mol. The van der Waals surface area contributed by atoms with Crippen molar-refractivity contribution in [3.8, 4) is 17.1 Å². The maximum absolute atomic E-state index is 13.4. The fourth-order valence-corrected chi connectivity index (χ4v) is 4.12. The molecule has 0 aliphatic rings. The lowest BCUT2D eigenvalue weighted by atomic mass is 9.91. The van der Waals surface area contributed by atoms with E-state index in [4.69, 9.17) is 9.84 Å². The van der Waals surface area contributed by atoms with Gasteiger partial charge in [-0.25, -0.2) is 4.52 Å². The topological polar surface area (TPSA) is 48.5 Å². The van der Waals surface area contributed by atoms with Gasteiger partial charge < -0.3 is 4.74 Å². The van der Waals surface area contributed by atoms with E-state index in [1.807, 2.05) is 43.6 Å². The van der Waals surface area contributed by atoms with Gasteiger partial charge in [0.2, 0.25) is 0 Å². The zero-order valence-corrected chi connectivity index (χ0v) is 17.9. The number of methoxy groups -OCH3 is 1. The van der Waals surface area contributed by atoms with Crippen LogP contribution in [0.4, 0.5) is 0 Å². The van der Waals surface area contributed by atoms with E-state index in [0.29, 0.717) is 11.7 Å². The molecule has 0 unspecified atom stereocenters. The Morgan fingerprint density at radius 3 is 2.36 bits per heavy atom. The molecule has 0 spiro atoms. The van der Waals surface area contributed by atoms with Gasteiger partial charge in [-0.15, -0.1) is 5.10 Å². The third kappa shape index (κ3) is 3.46. The van der Waals surface area contributed by atoms with E-state index < -0.39 is 0 Å². The van der Waals surface area contributed by atoms with Crippen LogP contribution in [0.15, 0.2) is 29.1 Å². The molecule has 3 aromatic rings. The number of aromatic nitrogens is 3. The zero-order valence-electron chi connectivity index (χ0n) is 17.9. The highest BCUT2D eigenvalue weighted by atomic mass is 16.5.